The summed E-state index contributed by atoms with van der Waals surface area (Å²) in [6, 6.07) is 3.81. The quantitative estimate of drug-likeness (QED) is 0.569. The van der Waals surface area contributed by atoms with Gasteiger partial charge < -0.3 is 10.0 Å². The van der Waals surface area contributed by atoms with Gasteiger partial charge in [0, 0.05) is 31.8 Å². The molecule has 2 heterocycles. The Kier molecular flexibility index (Phi) is 5.16. The highest BCUT2D eigenvalue weighted by Crippen LogP contribution is 2.30. The Balaban J connectivity index is 1.83. The number of nitro benzene ring substituents is 1. The average Bonchev–Trinajstić information content (AvgIpc) is 3.31. The lowest BCUT2D eigenvalue weighted by Crippen LogP contribution is -2.47. The number of aliphatic carboxylic acids is 1. The van der Waals surface area contributed by atoms with Gasteiger partial charge in [0.1, 0.15) is 6.04 Å². The zero-order chi connectivity index (χ0) is 19.8. The van der Waals surface area contributed by atoms with E-state index in [4.69, 9.17) is 5.11 Å². The minimum absolute atomic E-state index is 0.0648. The number of nitrogens with zero attached hydrogens (tertiary/aromatic N) is 3. The van der Waals surface area contributed by atoms with E-state index in [-0.39, 0.29) is 30.2 Å². The first-order valence-corrected chi connectivity index (χ1v) is 9.93. The fourth-order valence-corrected chi connectivity index (χ4v) is 5.23. The molecule has 2 saturated heterocycles. The maximum Gasteiger partial charge on any atom is 0.308 e. The SMILES string of the molecule is O=C(O)C1CCN(C(=O)C2CCCN2S(=O)(=O)c2cccc([N+](=O)[O-])c2)C1. The molecule has 146 valence electrons. The average molecular weight is 397 g/mol. The molecule has 0 bridgehead atoms. The van der Waals surface area contributed by atoms with Crippen molar-refractivity contribution in [2.45, 2.75) is 30.2 Å². The second-order valence-corrected chi connectivity index (χ2v) is 8.53. The molecular formula is C16H19N3O7S. The number of likely N-dealkylation sites (tertiary alicyclic amines) is 1. The van der Waals surface area contributed by atoms with E-state index in [0.717, 1.165) is 10.4 Å². The molecule has 0 radical (unpaired) electrons. The van der Waals surface area contributed by atoms with Crippen LogP contribution in [-0.2, 0) is 19.6 Å². The molecule has 2 unspecified atom stereocenters. The molecular weight excluding hydrogens is 378 g/mol. The smallest absolute Gasteiger partial charge is 0.308 e. The topological polar surface area (TPSA) is 138 Å². The maximum absolute atomic E-state index is 13.0. The Labute approximate surface area is 155 Å². The zero-order valence-corrected chi connectivity index (χ0v) is 15.2. The van der Waals surface area contributed by atoms with E-state index in [1.165, 1.54) is 23.1 Å². The molecule has 1 amide bonds. The molecule has 1 aromatic carbocycles. The van der Waals surface area contributed by atoms with Gasteiger partial charge in [0.05, 0.1) is 15.7 Å². The van der Waals surface area contributed by atoms with Crippen molar-refractivity contribution in [2.24, 2.45) is 5.92 Å². The molecule has 10 nitrogen and oxygen atoms in total. The summed E-state index contributed by atoms with van der Waals surface area (Å²) in [5.41, 5.74) is -0.345. The van der Waals surface area contributed by atoms with Crippen LogP contribution in [-0.4, -0.2) is 65.2 Å². The number of nitro groups is 1. The Bertz CT molecular complexity index is 886. The van der Waals surface area contributed by atoms with E-state index in [1.807, 2.05) is 0 Å². The van der Waals surface area contributed by atoms with Crippen LogP contribution in [0.5, 0.6) is 0 Å². The molecule has 27 heavy (non-hydrogen) atoms. The predicted molar refractivity (Wildman–Crippen MR) is 92.3 cm³/mol. The third-order valence-electron chi connectivity index (χ3n) is 4.97. The number of sulfonamides is 1. The van der Waals surface area contributed by atoms with Gasteiger partial charge in [-0.3, -0.25) is 19.7 Å². The van der Waals surface area contributed by atoms with Crippen LogP contribution >= 0.6 is 0 Å². The molecule has 0 aromatic heterocycles. The van der Waals surface area contributed by atoms with Crippen LogP contribution in [0.3, 0.4) is 0 Å². The summed E-state index contributed by atoms with van der Waals surface area (Å²) >= 11 is 0. The van der Waals surface area contributed by atoms with E-state index >= 15 is 0 Å². The monoisotopic (exact) mass is 397 g/mol. The van der Waals surface area contributed by atoms with Crippen molar-refractivity contribution in [2.75, 3.05) is 19.6 Å². The first-order chi connectivity index (χ1) is 12.7. The molecule has 3 rings (SSSR count). The van der Waals surface area contributed by atoms with E-state index in [9.17, 15) is 28.1 Å². The van der Waals surface area contributed by atoms with Crippen LogP contribution < -0.4 is 0 Å². The molecule has 0 aliphatic carbocycles. The predicted octanol–water partition coefficient (Wildman–Crippen LogP) is 0.681. The summed E-state index contributed by atoms with van der Waals surface area (Å²) in [5.74, 6) is -2.03. The third-order valence-corrected chi connectivity index (χ3v) is 6.88. The van der Waals surface area contributed by atoms with Crippen molar-refractivity contribution in [1.82, 2.24) is 9.21 Å². The molecule has 1 N–H and O–H groups in total. The summed E-state index contributed by atoms with van der Waals surface area (Å²) in [6.07, 6.45) is 1.16. The van der Waals surface area contributed by atoms with Gasteiger partial charge in [-0.15, -0.1) is 0 Å². The lowest BCUT2D eigenvalue weighted by Gasteiger charge is -2.27. The van der Waals surface area contributed by atoms with Crippen molar-refractivity contribution < 1.29 is 28.0 Å². The summed E-state index contributed by atoms with van der Waals surface area (Å²) in [5, 5.41) is 20.0. The number of carboxylic acids is 1. The number of hydrogen-bond donors (Lipinski definition) is 1. The summed E-state index contributed by atoms with van der Waals surface area (Å²) in [6.45, 7) is 0.476. The lowest BCUT2D eigenvalue weighted by atomic mass is 10.1. The number of non-ortho nitro benzene ring substituents is 1. The van der Waals surface area contributed by atoms with Gasteiger partial charge in [-0.2, -0.15) is 4.31 Å². The standard InChI is InChI=1S/C16H19N3O7S/c20-15(17-8-6-11(10-17)16(21)22)14-5-2-7-18(14)27(25,26)13-4-1-3-12(9-13)19(23)24/h1,3-4,9,11,14H,2,5-8,10H2,(H,21,22). The van der Waals surface area contributed by atoms with Crippen LogP contribution in [0.4, 0.5) is 5.69 Å². The fourth-order valence-electron chi connectivity index (χ4n) is 3.54. The minimum Gasteiger partial charge on any atom is -0.481 e. The lowest BCUT2D eigenvalue weighted by molar-refractivity contribution is -0.385. The first kappa shape index (κ1) is 19.2. The summed E-state index contributed by atoms with van der Waals surface area (Å²) < 4.78 is 27.0. The molecule has 1 aromatic rings. The summed E-state index contributed by atoms with van der Waals surface area (Å²) in [7, 11) is -4.08. The number of benzene rings is 1. The molecule has 0 saturated carbocycles. The van der Waals surface area contributed by atoms with Crippen LogP contribution in [0.1, 0.15) is 19.3 Å². The van der Waals surface area contributed by atoms with Gasteiger partial charge in [-0.05, 0) is 25.3 Å². The normalized spacial score (nSPS) is 23.5. The molecule has 2 atom stereocenters. The number of carboxylic acid groups (broad SMARTS) is 1. The van der Waals surface area contributed by atoms with Crippen molar-refractivity contribution in [3.63, 3.8) is 0 Å². The second kappa shape index (κ2) is 7.24. The minimum atomic E-state index is -4.08. The van der Waals surface area contributed by atoms with Crippen LogP contribution in [0.25, 0.3) is 0 Å². The number of carbonyl (C=O) groups excluding carboxylic acids is 1. The molecule has 2 aliphatic rings. The molecule has 2 aliphatic heterocycles. The van der Waals surface area contributed by atoms with E-state index in [1.54, 1.807) is 0 Å². The van der Waals surface area contributed by atoms with Crippen LogP contribution in [0.15, 0.2) is 29.2 Å². The second-order valence-electron chi connectivity index (χ2n) is 6.64. The Morgan fingerprint density at radius 1 is 1.22 bits per heavy atom. The van der Waals surface area contributed by atoms with Gasteiger partial charge in [0.2, 0.25) is 15.9 Å². The van der Waals surface area contributed by atoms with E-state index in [0.29, 0.717) is 19.3 Å². The van der Waals surface area contributed by atoms with Crippen LogP contribution in [0, 0.1) is 16.0 Å². The summed E-state index contributed by atoms with van der Waals surface area (Å²) in [4.78, 5) is 35.3. The van der Waals surface area contributed by atoms with Gasteiger partial charge in [-0.25, -0.2) is 8.42 Å². The Morgan fingerprint density at radius 2 is 1.96 bits per heavy atom. The van der Waals surface area contributed by atoms with Crippen molar-refractivity contribution in [3.05, 3.63) is 34.4 Å². The van der Waals surface area contributed by atoms with Gasteiger partial charge >= 0.3 is 5.97 Å². The first-order valence-electron chi connectivity index (χ1n) is 8.49. The van der Waals surface area contributed by atoms with Gasteiger partial charge in [0.15, 0.2) is 0 Å². The third kappa shape index (κ3) is 3.65. The zero-order valence-electron chi connectivity index (χ0n) is 14.4. The number of amides is 1. The fraction of sp³-hybridized carbons (Fsp3) is 0.500. The largest absolute Gasteiger partial charge is 0.481 e. The van der Waals surface area contributed by atoms with Crippen LogP contribution in [0.2, 0.25) is 0 Å². The maximum atomic E-state index is 13.0. The van der Waals surface area contributed by atoms with E-state index < -0.39 is 38.8 Å². The molecule has 0 spiro atoms. The van der Waals surface area contributed by atoms with Gasteiger partial charge in [0.25, 0.3) is 5.69 Å². The van der Waals surface area contributed by atoms with Crippen molar-refractivity contribution >= 4 is 27.6 Å². The Hall–Kier alpha value is -2.53. The van der Waals surface area contributed by atoms with Gasteiger partial charge in [-0.1, -0.05) is 6.07 Å². The highest BCUT2D eigenvalue weighted by Gasteiger charge is 2.43. The highest BCUT2D eigenvalue weighted by atomic mass is 32.2. The highest BCUT2D eigenvalue weighted by molar-refractivity contribution is 7.89. The number of hydrogen-bond acceptors (Lipinski definition) is 6. The Morgan fingerprint density at radius 3 is 2.59 bits per heavy atom. The van der Waals surface area contributed by atoms with Crippen molar-refractivity contribution in [1.29, 1.82) is 0 Å². The molecule has 2 fully saturated rings. The number of rotatable bonds is 5. The number of carbonyl (C=O) groups is 2. The molecule has 11 heteroatoms. The van der Waals surface area contributed by atoms with E-state index in [2.05, 4.69) is 0 Å². The van der Waals surface area contributed by atoms with Crippen molar-refractivity contribution in [3.8, 4) is 0 Å².